The summed E-state index contributed by atoms with van der Waals surface area (Å²) in [5, 5.41) is 8.95. The van der Waals surface area contributed by atoms with Crippen LogP contribution in [0.3, 0.4) is 0 Å². The van der Waals surface area contributed by atoms with E-state index in [4.69, 9.17) is 14.6 Å². The second kappa shape index (κ2) is 8.79. The van der Waals surface area contributed by atoms with Gasteiger partial charge in [-0.3, -0.25) is 9.36 Å². The van der Waals surface area contributed by atoms with Gasteiger partial charge < -0.3 is 19.3 Å². The highest BCUT2D eigenvalue weighted by Gasteiger charge is 2.21. The molecular formula is C18H20N4O5S. The van der Waals surface area contributed by atoms with Crippen molar-refractivity contribution in [3.05, 3.63) is 53.6 Å². The van der Waals surface area contributed by atoms with Crippen molar-refractivity contribution in [2.75, 3.05) is 7.11 Å². The maximum atomic E-state index is 11.6. The van der Waals surface area contributed by atoms with Crippen molar-refractivity contribution in [3.63, 3.8) is 0 Å². The van der Waals surface area contributed by atoms with Gasteiger partial charge in [-0.2, -0.15) is 0 Å². The Balaban J connectivity index is 1.80. The zero-order valence-corrected chi connectivity index (χ0v) is 16.3. The van der Waals surface area contributed by atoms with Crippen molar-refractivity contribution in [2.45, 2.75) is 36.7 Å². The molecule has 0 aliphatic heterocycles. The largest absolute Gasteiger partial charge is 0.467 e. The standard InChI is InChI=1S/C18H20N4O5S/c1-11(13-5-6-14(27-13)17(24)25-2)28-18-21-20-16(8-7-15(19)23)22(18)10-12-4-3-9-26-12/h3-6,9,11H,7-8,10H2,1-2H3,(H2,19,23). The van der Waals surface area contributed by atoms with Gasteiger partial charge in [0.05, 0.1) is 25.2 Å². The van der Waals surface area contributed by atoms with Gasteiger partial charge in [-0.05, 0) is 31.2 Å². The van der Waals surface area contributed by atoms with Gasteiger partial charge in [0, 0.05) is 12.8 Å². The lowest BCUT2D eigenvalue weighted by atomic mass is 10.3. The number of esters is 1. The van der Waals surface area contributed by atoms with Gasteiger partial charge in [-0.25, -0.2) is 4.79 Å². The predicted octanol–water partition coefficient (Wildman–Crippen LogP) is 2.57. The Hall–Kier alpha value is -3.01. The van der Waals surface area contributed by atoms with Gasteiger partial charge in [0.2, 0.25) is 11.7 Å². The fraction of sp³-hybridized carbons (Fsp3) is 0.333. The average Bonchev–Trinajstić information content (AvgIpc) is 3.42. The Kier molecular flexibility index (Phi) is 6.19. The first kappa shape index (κ1) is 19.7. The van der Waals surface area contributed by atoms with E-state index in [1.165, 1.54) is 18.9 Å². The number of amides is 1. The minimum absolute atomic E-state index is 0.137. The topological polar surface area (TPSA) is 126 Å². The smallest absolute Gasteiger partial charge is 0.373 e. The van der Waals surface area contributed by atoms with Gasteiger partial charge in [0.15, 0.2) is 5.16 Å². The van der Waals surface area contributed by atoms with Crippen molar-refractivity contribution >= 4 is 23.6 Å². The lowest BCUT2D eigenvalue weighted by Crippen LogP contribution is -2.14. The Morgan fingerprint density at radius 2 is 2.14 bits per heavy atom. The van der Waals surface area contributed by atoms with Gasteiger partial charge in [0.1, 0.15) is 17.3 Å². The molecule has 3 rings (SSSR count). The lowest BCUT2D eigenvalue weighted by Gasteiger charge is -2.11. The summed E-state index contributed by atoms with van der Waals surface area (Å²) >= 11 is 1.42. The molecule has 0 bridgehead atoms. The number of hydrogen-bond donors (Lipinski definition) is 1. The van der Waals surface area contributed by atoms with Gasteiger partial charge >= 0.3 is 5.97 Å². The van der Waals surface area contributed by atoms with Crippen LogP contribution >= 0.6 is 11.8 Å². The van der Waals surface area contributed by atoms with Gasteiger partial charge in [-0.1, -0.05) is 11.8 Å². The SMILES string of the molecule is COC(=O)c1ccc(C(C)Sc2nnc(CCC(N)=O)n2Cc2ccco2)o1. The van der Waals surface area contributed by atoms with Crippen LogP contribution in [-0.4, -0.2) is 33.8 Å². The number of ether oxygens (including phenoxy) is 1. The molecule has 1 amide bonds. The van der Waals surface area contributed by atoms with Crippen LogP contribution in [0.25, 0.3) is 0 Å². The first-order valence-electron chi connectivity index (χ1n) is 8.55. The van der Waals surface area contributed by atoms with Crippen molar-refractivity contribution in [3.8, 4) is 0 Å². The minimum Gasteiger partial charge on any atom is -0.467 e. The summed E-state index contributed by atoms with van der Waals surface area (Å²) < 4.78 is 17.5. The molecule has 0 spiro atoms. The molecule has 1 atom stereocenters. The highest BCUT2D eigenvalue weighted by molar-refractivity contribution is 7.99. The van der Waals surface area contributed by atoms with E-state index in [-0.39, 0.29) is 17.4 Å². The number of methoxy groups -OCH3 is 1. The molecule has 28 heavy (non-hydrogen) atoms. The third-order valence-corrected chi connectivity index (χ3v) is 5.08. The molecule has 3 aromatic heterocycles. The van der Waals surface area contributed by atoms with Crippen LogP contribution in [0.2, 0.25) is 0 Å². The van der Waals surface area contributed by atoms with E-state index in [1.807, 2.05) is 17.6 Å². The summed E-state index contributed by atoms with van der Waals surface area (Å²) in [4.78, 5) is 22.7. The van der Waals surface area contributed by atoms with Crippen LogP contribution in [-0.2, 0) is 22.5 Å². The van der Waals surface area contributed by atoms with Crippen LogP contribution in [0.1, 0.15) is 46.5 Å². The molecule has 0 saturated heterocycles. The van der Waals surface area contributed by atoms with Crippen LogP contribution in [0, 0.1) is 0 Å². The van der Waals surface area contributed by atoms with E-state index in [0.717, 1.165) is 5.76 Å². The molecule has 0 fully saturated rings. The highest BCUT2D eigenvalue weighted by Crippen LogP contribution is 2.35. The zero-order chi connectivity index (χ0) is 20.1. The summed E-state index contributed by atoms with van der Waals surface area (Å²) in [6.45, 7) is 2.36. The molecule has 10 heteroatoms. The van der Waals surface area contributed by atoms with Crippen molar-refractivity contribution in [1.29, 1.82) is 0 Å². The van der Waals surface area contributed by atoms with Crippen LogP contribution in [0.5, 0.6) is 0 Å². The molecule has 3 heterocycles. The van der Waals surface area contributed by atoms with Crippen molar-refractivity contribution in [2.24, 2.45) is 5.73 Å². The normalized spacial score (nSPS) is 12.1. The van der Waals surface area contributed by atoms with Crippen LogP contribution in [0.15, 0.2) is 44.5 Å². The zero-order valence-electron chi connectivity index (χ0n) is 15.5. The molecule has 0 saturated carbocycles. The molecule has 3 aromatic rings. The number of thioether (sulfide) groups is 1. The van der Waals surface area contributed by atoms with Gasteiger partial charge in [-0.15, -0.1) is 10.2 Å². The number of nitrogens with zero attached hydrogens (tertiary/aromatic N) is 3. The lowest BCUT2D eigenvalue weighted by molar-refractivity contribution is -0.118. The van der Waals surface area contributed by atoms with Gasteiger partial charge in [0.25, 0.3) is 0 Å². The monoisotopic (exact) mass is 404 g/mol. The molecule has 0 aliphatic carbocycles. The Bertz CT molecular complexity index is 947. The predicted molar refractivity (Wildman–Crippen MR) is 99.7 cm³/mol. The molecule has 1 unspecified atom stereocenters. The van der Waals surface area contributed by atoms with E-state index in [1.54, 1.807) is 24.5 Å². The molecule has 0 aromatic carbocycles. The Labute approximate surface area is 165 Å². The summed E-state index contributed by atoms with van der Waals surface area (Å²) in [6, 6.07) is 6.95. The summed E-state index contributed by atoms with van der Waals surface area (Å²) in [5.41, 5.74) is 5.26. The summed E-state index contributed by atoms with van der Waals surface area (Å²) in [6.07, 6.45) is 2.15. The third-order valence-electron chi connectivity index (χ3n) is 3.98. The maximum Gasteiger partial charge on any atom is 0.373 e. The van der Waals surface area contributed by atoms with Crippen molar-refractivity contribution < 1.29 is 23.2 Å². The van der Waals surface area contributed by atoms with Crippen LogP contribution < -0.4 is 5.73 Å². The fourth-order valence-corrected chi connectivity index (χ4v) is 3.49. The number of rotatable bonds is 9. The molecule has 9 nitrogen and oxygen atoms in total. The number of aryl methyl sites for hydroxylation is 1. The first-order valence-corrected chi connectivity index (χ1v) is 9.43. The number of carbonyl (C=O) groups excluding carboxylic acids is 2. The van der Waals surface area contributed by atoms with Crippen LogP contribution in [0.4, 0.5) is 0 Å². The fourth-order valence-electron chi connectivity index (χ4n) is 2.54. The number of aromatic nitrogens is 3. The summed E-state index contributed by atoms with van der Waals surface area (Å²) in [7, 11) is 1.30. The third kappa shape index (κ3) is 4.63. The molecule has 148 valence electrons. The molecular weight excluding hydrogens is 384 g/mol. The minimum atomic E-state index is -0.529. The Morgan fingerprint density at radius 1 is 1.32 bits per heavy atom. The van der Waals surface area contributed by atoms with Crippen molar-refractivity contribution in [1.82, 2.24) is 14.8 Å². The maximum absolute atomic E-state index is 11.6. The van der Waals surface area contributed by atoms with E-state index in [2.05, 4.69) is 14.9 Å². The number of primary amides is 1. The second-order valence-corrected chi connectivity index (χ2v) is 7.29. The molecule has 0 radical (unpaired) electrons. The number of nitrogens with two attached hydrogens (primary N) is 1. The Morgan fingerprint density at radius 3 is 2.82 bits per heavy atom. The quantitative estimate of drug-likeness (QED) is 0.426. The van der Waals surface area contributed by atoms with E-state index in [9.17, 15) is 9.59 Å². The number of carbonyl (C=O) groups is 2. The number of hydrogen-bond acceptors (Lipinski definition) is 8. The van der Waals surface area contributed by atoms with E-state index < -0.39 is 11.9 Å². The molecule has 0 aliphatic rings. The molecule has 2 N–H and O–H groups in total. The summed E-state index contributed by atoms with van der Waals surface area (Å²) in [5.74, 6) is 1.19. The average molecular weight is 404 g/mol. The van der Waals surface area contributed by atoms with E-state index in [0.29, 0.717) is 29.7 Å². The second-order valence-electron chi connectivity index (χ2n) is 5.98. The highest BCUT2D eigenvalue weighted by atomic mass is 32.2. The van der Waals surface area contributed by atoms with E-state index >= 15 is 0 Å². The first-order chi connectivity index (χ1) is 13.5. The number of furan rings is 2.